The summed E-state index contributed by atoms with van der Waals surface area (Å²) in [5, 5.41) is 3.04. The van der Waals surface area contributed by atoms with Gasteiger partial charge >= 0.3 is 0 Å². The van der Waals surface area contributed by atoms with Crippen LogP contribution in [0, 0.1) is 5.92 Å². The molecular weight excluding hydrogens is 222 g/mol. The third kappa shape index (κ3) is 5.74. The smallest absolute Gasteiger partial charge is 0.223 e. The Balaban J connectivity index is 2.17. The van der Waals surface area contributed by atoms with Gasteiger partial charge in [-0.1, -0.05) is 32.1 Å². The van der Waals surface area contributed by atoms with E-state index in [1.165, 1.54) is 32.1 Å². The average Bonchev–Trinajstić information content (AvgIpc) is 2.23. The summed E-state index contributed by atoms with van der Waals surface area (Å²) in [4.78, 5) is 11.9. The number of amides is 1. The van der Waals surface area contributed by atoms with E-state index in [0.717, 1.165) is 32.2 Å². The number of hydrogen-bond acceptors (Lipinski definition) is 1. The quantitative estimate of drug-likeness (QED) is 0.583. The molecule has 1 N–H and O–H groups in total. The van der Waals surface area contributed by atoms with Crippen LogP contribution < -0.4 is 5.32 Å². The van der Waals surface area contributed by atoms with Crippen molar-refractivity contribution in [3.8, 4) is 0 Å². The third-order valence-electron chi connectivity index (χ3n) is 3.34. The minimum atomic E-state index is 0.274. The van der Waals surface area contributed by atoms with E-state index >= 15 is 0 Å². The monoisotopic (exact) mass is 245 g/mol. The highest BCUT2D eigenvalue weighted by atomic mass is 35.5. The van der Waals surface area contributed by atoms with Gasteiger partial charge in [-0.3, -0.25) is 4.79 Å². The highest BCUT2D eigenvalue weighted by molar-refractivity contribution is 6.17. The molecule has 0 aromatic rings. The van der Waals surface area contributed by atoms with E-state index in [1.54, 1.807) is 0 Å². The summed E-state index contributed by atoms with van der Waals surface area (Å²) < 4.78 is 0. The second-order valence-corrected chi connectivity index (χ2v) is 5.11. The molecule has 16 heavy (non-hydrogen) atoms. The van der Waals surface area contributed by atoms with Crippen molar-refractivity contribution in [2.24, 2.45) is 5.92 Å². The van der Waals surface area contributed by atoms with E-state index in [9.17, 15) is 4.79 Å². The van der Waals surface area contributed by atoms with Crippen LogP contribution in [-0.4, -0.2) is 18.3 Å². The van der Waals surface area contributed by atoms with E-state index in [4.69, 9.17) is 11.6 Å². The molecule has 0 aliphatic heterocycles. The molecule has 0 unspecified atom stereocenters. The fourth-order valence-electron chi connectivity index (χ4n) is 2.29. The first-order valence-corrected chi connectivity index (χ1v) is 7.21. The Bertz CT molecular complexity index is 188. The van der Waals surface area contributed by atoms with Crippen molar-refractivity contribution in [1.29, 1.82) is 0 Å². The maximum atomic E-state index is 11.9. The van der Waals surface area contributed by atoms with Crippen LogP contribution in [0.25, 0.3) is 0 Å². The molecule has 1 fully saturated rings. The summed E-state index contributed by atoms with van der Waals surface area (Å²) in [6, 6.07) is 0. The van der Waals surface area contributed by atoms with Gasteiger partial charge in [0.1, 0.15) is 0 Å². The van der Waals surface area contributed by atoms with Crippen LogP contribution in [0.4, 0.5) is 0 Å². The van der Waals surface area contributed by atoms with Crippen molar-refractivity contribution in [1.82, 2.24) is 5.32 Å². The van der Waals surface area contributed by atoms with Gasteiger partial charge in [0.15, 0.2) is 0 Å². The topological polar surface area (TPSA) is 29.1 Å². The molecule has 0 aromatic carbocycles. The SMILES string of the molecule is O=C(NCCCCCl)C1CCCCCCC1. The van der Waals surface area contributed by atoms with Gasteiger partial charge in [0.2, 0.25) is 5.91 Å². The number of unbranched alkanes of at least 4 members (excludes halogenated alkanes) is 1. The molecule has 0 atom stereocenters. The molecule has 1 saturated carbocycles. The first-order chi connectivity index (χ1) is 7.84. The number of halogens is 1. The predicted molar refractivity (Wildman–Crippen MR) is 68.8 cm³/mol. The van der Waals surface area contributed by atoms with Crippen molar-refractivity contribution in [3.63, 3.8) is 0 Å². The van der Waals surface area contributed by atoms with Gasteiger partial charge in [-0.25, -0.2) is 0 Å². The number of carbonyl (C=O) groups is 1. The Hall–Kier alpha value is -0.240. The molecule has 0 saturated heterocycles. The lowest BCUT2D eigenvalue weighted by Gasteiger charge is -2.19. The Kier molecular flexibility index (Phi) is 7.65. The van der Waals surface area contributed by atoms with E-state index in [-0.39, 0.29) is 11.8 Å². The lowest BCUT2D eigenvalue weighted by Crippen LogP contribution is -2.31. The standard InChI is InChI=1S/C13H24ClNO/c14-10-6-7-11-15-13(16)12-8-4-2-1-3-5-9-12/h12H,1-11H2,(H,15,16). The second kappa shape index (κ2) is 8.86. The third-order valence-corrected chi connectivity index (χ3v) is 3.60. The first kappa shape index (κ1) is 13.8. The summed E-state index contributed by atoms with van der Waals surface area (Å²) in [6.07, 6.45) is 10.6. The molecule has 3 heteroatoms. The minimum absolute atomic E-state index is 0.274. The molecular formula is C13H24ClNO. The van der Waals surface area contributed by atoms with Crippen LogP contribution in [0.15, 0.2) is 0 Å². The molecule has 0 spiro atoms. The molecule has 1 aliphatic rings. The number of alkyl halides is 1. The molecule has 0 heterocycles. The van der Waals surface area contributed by atoms with Gasteiger partial charge in [0.05, 0.1) is 0 Å². The van der Waals surface area contributed by atoms with Crippen molar-refractivity contribution < 1.29 is 4.79 Å². The molecule has 94 valence electrons. The zero-order valence-electron chi connectivity index (χ0n) is 10.1. The molecule has 2 nitrogen and oxygen atoms in total. The summed E-state index contributed by atoms with van der Waals surface area (Å²) in [7, 11) is 0. The average molecular weight is 246 g/mol. The highest BCUT2D eigenvalue weighted by Crippen LogP contribution is 2.22. The minimum Gasteiger partial charge on any atom is -0.356 e. The Morgan fingerprint density at radius 3 is 2.31 bits per heavy atom. The zero-order chi connectivity index (χ0) is 11.6. The number of rotatable bonds is 5. The van der Waals surface area contributed by atoms with E-state index in [0.29, 0.717) is 5.88 Å². The maximum absolute atomic E-state index is 11.9. The molecule has 1 rings (SSSR count). The normalized spacial score (nSPS) is 18.8. The van der Waals surface area contributed by atoms with Crippen molar-refractivity contribution in [3.05, 3.63) is 0 Å². The van der Waals surface area contributed by atoms with Crippen LogP contribution in [-0.2, 0) is 4.79 Å². The fourth-order valence-corrected chi connectivity index (χ4v) is 2.48. The molecule has 1 aliphatic carbocycles. The van der Waals surface area contributed by atoms with Gasteiger partial charge in [-0.2, -0.15) is 0 Å². The molecule has 0 aromatic heterocycles. The lowest BCUT2D eigenvalue weighted by molar-refractivity contribution is -0.125. The predicted octanol–water partition coefficient (Wildman–Crippen LogP) is 3.48. The zero-order valence-corrected chi connectivity index (χ0v) is 10.9. The maximum Gasteiger partial charge on any atom is 0.223 e. The van der Waals surface area contributed by atoms with Gasteiger partial charge < -0.3 is 5.32 Å². The van der Waals surface area contributed by atoms with E-state index in [2.05, 4.69) is 5.32 Å². The lowest BCUT2D eigenvalue weighted by atomic mass is 9.90. The summed E-state index contributed by atoms with van der Waals surface area (Å²) in [5.74, 6) is 1.24. The Morgan fingerprint density at radius 2 is 1.69 bits per heavy atom. The van der Waals surface area contributed by atoms with Crippen LogP contribution in [0.2, 0.25) is 0 Å². The van der Waals surface area contributed by atoms with E-state index < -0.39 is 0 Å². The fraction of sp³-hybridized carbons (Fsp3) is 0.923. The number of nitrogens with one attached hydrogen (secondary N) is 1. The Labute approximate surface area is 104 Å². The van der Waals surface area contributed by atoms with Gasteiger partial charge in [0, 0.05) is 18.3 Å². The van der Waals surface area contributed by atoms with E-state index in [1.807, 2.05) is 0 Å². The van der Waals surface area contributed by atoms with Crippen LogP contribution in [0.5, 0.6) is 0 Å². The van der Waals surface area contributed by atoms with Gasteiger partial charge in [-0.05, 0) is 25.7 Å². The van der Waals surface area contributed by atoms with Crippen molar-refractivity contribution >= 4 is 17.5 Å². The number of carbonyl (C=O) groups excluding carboxylic acids is 1. The molecule has 0 bridgehead atoms. The van der Waals surface area contributed by atoms with Crippen LogP contribution in [0.1, 0.15) is 57.8 Å². The first-order valence-electron chi connectivity index (χ1n) is 6.68. The van der Waals surface area contributed by atoms with Crippen molar-refractivity contribution in [2.45, 2.75) is 57.8 Å². The molecule has 1 amide bonds. The number of hydrogen-bond donors (Lipinski definition) is 1. The highest BCUT2D eigenvalue weighted by Gasteiger charge is 2.18. The largest absolute Gasteiger partial charge is 0.356 e. The Morgan fingerprint density at radius 1 is 1.06 bits per heavy atom. The van der Waals surface area contributed by atoms with Crippen LogP contribution >= 0.6 is 11.6 Å². The summed E-state index contributed by atoms with van der Waals surface area (Å²) in [5.41, 5.74) is 0. The molecule has 0 radical (unpaired) electrons. The van der Waals surface area contributed by atoms with Gasteiger partial charge in [0.25, 0.3) is 0 Å². The van der Waals surface area contributed by atoms with Crippen molar-refractivity contribution in [2.75, 3.05) is 12.4 Å². The summed E-state index contributed by atoms with van der Waals surface area (Å²) >= 11 is 5.59. The van der Waals surface area contributed by atoms with Crippen LogP contribution in [0.3, 0.4) is 0 Å². The summed E-state index contributed by atoms with van der Waals surface area (Å²) in [6.45, 7) is 0.794. The second-order valence-electron chi connectivity index (χ2n) is 4.73. The van der Waals surface area contributed by atoms with Gasteiger partial charge in [-0.15, -0.1) is 11.6 Å².